The van der Waals surface area contributed by atoms with Crippen LogP contribution in [0.4, 0.5) is 0 Å². The molecule has 2 rings (SSSR count). The molecule has 1 amide bonds. The van der Waals surface area contributed by atoms with E-state index in [1.54, 1.807) is 31.3 Å². The third kappa shape index (κ3) is 3.21. The highest BCUT2D eigenvalue weighted by molar-refractivity contribution is 5.94. The van der Waals surface area contributed by atoms with E-state index in [-0.39, 0.29) is 11.5 Å². The van der Waals surface area contributed by atoms with Crippen LogP contribution in [0.5, 0.6) is 0 Å². The van der Waals surface area contributed by atoms with E-state index in [1.165, 1.54) is 4.74 Å². The number of amides is 1. The Morgan fingerprint density at radius 1 is 1.38 bits per heavy atom. The van der Waals surface area contributed by atoms with E-state index in [9.17, 15) is 9.59 Å². The third-order valence-electron chi connectivity index (χ3n) is 3.56. The summed E-state index contributed by atoms with van der Waals surface area (Å²) in [5.41, 5.74) is 1.19. The summed E-state index contributed by atoms with van der Waals surface area (Å²) in [5, 5.41) is 0. The lowest BCUT2D eigenvalue weighted by molar-refractivity contribution is 0.0763. The van der Waals surface area contributed by atoms with E-state index in [0.717, 1.165) is 12.0 Å². The van der Waals surface area contributed by atoms with Gasteiger partial charge >= 0.3 is 5.63 Å². The molecule has 0 unspecified atom stereocenters. The second kappa shape index (κ2) is 6.39. The van der Waals surface area contributed by atoms with E-state index < -0.39 is 5.63 Å². The SMILES string of the molecule is CCN(CCc1ccncc1)C(=O)c1c(C)n(C)oc1=O. The summed E-state index contributed by atoms with van der Waals surface area (Å²) in [6.07, 6.45) is 4.17. The van der Waals surface area contributed by atoms with Gasteiger partial charge in [-0.2, -0.15) is 0 Å². The highest BCUT2D eigenvalue weighted by Gasteiger charge is 2.23. The first-order valence-electron chi connectivity index (χ1n) is 6.89. The molecule has 2 heterocycles. The van der Waals surface area contributed by atoms with Crippen molar-refractivity contribution in [1.82, 2.24) is 14.6 Å². The van der Waals surface area contributed by atoms with Gasteiger partial charge in [0.05, 0.1) is 5.69 Å². The summed E-state index contributed by atoms with van der Waals surface area (Å²) in [4.78, 5) is 29.9. The first kappa shape index (κ1) is 15.0. The molecular formula is C15H19N3O3. The summed E-state index contributed by atoms with van der Waals surface area (Å²) in [6, 6.07) is 3.83. The summed E-state index contributed by atoms with van der Waals surface area (Å²) < 4.78 is 6.25. The van der Waals surface area contributed by atoms with E-state index >= 15 is 0 Å². The number of nitrogens with zero attached hydrogens (tertiary/aromatic N) is 3. The Kier molecular flexibility index (Phi) is 4.57. The fourth-order valence-electron chi connectivity index (χ4n) is 2.16. The number of rotatable bonds is 5. The molecule has 6 heteroatoms. The Labute approximate surface area is 123 Å². The van der Waals surface area contributed by atoms with Gasteiger partial charge in [-0.1, -0.05) is 0 Å². The molecule has 0 bridgehead atoms. The molecule has 0 spiro atoms. The average Bonchev–Trinajstić information content (AvgIpc) is 2.73. The van der Waals surface area contributed by atoms with Crippen molar-refractivity contribution in [3.8, 4) is 0 Å². The van der Waals surface area contributed by atoms with Crippen LogP contribution in [0, 0.1) is 6.92 Å². The first-order valence-corrected chi connectivity index (χ1v) is 6.89. The lowest BCUT2D eigenvalue weighted by Crippen LogP contribution is -2.35. The molecule has 0 atom stereocenters. The second-order valence-electron chi connectivity index (χ2n) is 4.83. The minimum Gasteiger partial charge on any atom is -0.338 e. The minimum absolute atomic E-state index is 0.120. The molecule has 6 nitrogen and oxygen atoms in total. The standard InChI is InChI=1S/C15H19N3O3/c1-4-18(10-7-12-5-8-16-9-6-12)14(19)13-11(2)17(3)21-15(13)20/h5-6,8-9H,4,7,10H2,1-3H3. The number of hydrogen-bond donors (Lipinski definition) is 0. The predicted molar refractivity (Wildman–Crippen MR) is 78.2 cm³/mol. The van der Waals surface area contributed by atoms with Crippen molar-refractivity contribution in [3.63, 3.8) is 0 Å². The van der Waals surface area contributed by atoms with Crippen LogP contribution in [-0.4, -0.2) is 33.6 Å². The molecule has 0 saturated carbocycles. The van der Waals surface area contributed by atoms with Crippen molar-refractivity contribution in [2.45, 2.75) is 20.3 Å². The monoisotopic (exact) mass is 289 g/mol. The Morgan fingerprint density at radius 3 is 2.57 bits per heavy atom. The van der Waals surface area contributed by atoms with E-state index in [2.05, 4.69) is 4.98 Å². The molecule has 0 N–H and O–H groups in total. The number of carbonyl (C=O) groups excluding carboxylic acids is 1. The van der Waals surface area contributed by atoms with Crippen LogP contribution in [0.2, 0.25) is 0 Å². The van der Waals surface area contributed by atoms with Crippen molar-refractivity contribution >= 4 is 5.91 Å². The molecular weight excluding hydrogens is 270 g/mol. The van der Waals surface area contributed by atoms with Crippen LogP contribution in [0.25, 0.3) is 0 Å². The highest BCUT2D eigenvalue weighted by atomic mass is 16.5. The highest BCUT2D eigenvalue weighted by Crippen LogP contribution is 2.08. The lowest BCUT2D eigenvalue weighted by atomic mass is 10.1. The zero-order valence-corrected chi connectivity index (χ0v) is 12.5. The van der Waals surface area contributed by atoms with Crippen LogP contribution in [0.3, 0.4) is 0 Å². The van der Waals surface area contributed by atoms with Crippen molar-refractivity contribution < 1.29 is 9.32 Å². The molecule has 0 fully saturated rings. The van der Waals surface area contributed by atoms with Crippen LogP contribution in [0.15, 0.2) is 33.8 Å². The Morgan fingerprint density at radius 2 is 2.05 bits per heavy atom. The third-order valence-corrected chi connectivity index (χ3v) is 3.56. The molecule has 2 aromatic rings. The zero-order valence-electron chi connectivity index (χ0n) is 12.5. The van der Waals surface area contributed by atoms with Gasteiger partial charge in [-0.05, 0) is 38.0 Å². The minimum atomic E-state index is -0.581. The molecule has 0 aromatic carbocycles. The fraction of sp³-hybridized carbons (Fsp3) is 0.400. The van der Waals surface area contributed by atoms with Crippen LogP contribution in [-0.2, 0) is 13.5 Å². The number of likely N-dealkylation sites (N-methyl/N-ethyl adjacent to an activating group) is 1. The number of aromatic nitrogens is 2. The maximum atomic E-state index is 12.5. The van der Waals surface area contributed by atoms with Crippen LogP contribution >= 0.6 is 0 Å². The number of carbonyl (C=O) groups is 1. The second-order valence-corrected chi connectivity index (χ2v) is 4.83. The molecule has 21 heavy (non-hydrogen) atoms. The number of pyridine rings is 1. The van der Waals surface area contributed by atoms with Crippen molar-refractivity contribution in [1.29, 1.82) is 0 Å². The van der Waals surface area contributed by atoms with Crippen molar-refractivity contribution in [3.05, 3.63) is 51.8 Å². The van der Waals surface area contributed by atoms with Crippen molar-refractivity contribution in [2.75, 3.05) is 13.1 Å². The zero-order chi connectivity index (χ0) is 15.4. The Balaban J connectivity index is 2.14. The predicted octanol–water partition coefficient (Wildman–Crippen LogP) is 1.39. The van der Waals surface area contributed by atoms with Crippen LogP contribution in [0.1, 0.15) is 28.5 Å². The molecule has 0 aliphatic heterocycles. The molecule has 0 aliphatic carbocycles. The normalized spacial score (nSPS) is 10.6. The van der Waals surface area contributed by atoms with E-state index in [4.69, 9.17) is 4.52 Å². The van der Waals surface area contributed by atoms with Crippen LogP contribution < -0.4 is 5.63 Å². The summed E-state index contributed by atoms with van der Waals surface area (Å²) in [6.45, 7) is 4.68. The van der Waals surface area contributed by atoms with Gasteiger partial charge in [0.1, 0.15) is 5.56 Å². The largest absolute Gasteiger partial charge is 0.370 e. The molecule has 0 saturated heterocycles. The van der Waals surface area contributed by atoms with Gasteiger partial charge in [0.2, 0.25) is 0 Å². The van der Waals surface area contributed by atoms with E-state index in [1.807, 2.05) is 19.1 Å². The first-order chi connectivity index (χ1) is 10.0. The lowest BCUT2D eigenvalue weighted by Gasteiger charge is -2.20. The van der Waals surface area contributed by atoms with Gasteiger partial charge < -0.3 is 9.42 Å². The smallest absolute Gasteiger partial charge is 0.338 e. The van der Waals surface area contributed by atoms with Gasteiger partial charge in [0.25, 0.3) is 5.91 Å². The summed E-state index contributed by atoms with van der Waals surface area (Å²) in [7, 11) is 1.61. The summed E-state index contributed by atoms with van der Waals surface area (Å²) >= 11 is 0. The fourth-order valence-corrected chi connectivity index (χ4v) is 2.16. The van der Waals surface area contributed by atoms with Gasteiger partial charge in [0, 0.05) is 32.5 Å². The maximum absolute atomic E-state index is 12.5. The van der Waals surface area contributed by atoms with Crippen molar-refractivity contribution in [2.24, 2.45) is 7.05 Å². The molecule has 2 aromatic heterocycles. The quantitative estimate of drug-likeness (QED) is 0.834. The molecule has 0 radical (unpaired) electrons. The summed E-state index contributed by atoms with van der Waals surface area (Å²) in [5.74, 6) is -0.279. The average molecular weight is 289 g/mol. The van der Waals surface area contributed by atoms with Gasteiger partial charge in [0.15, 0.2) is 0 Å². The van der Waals surface area contributed by atoms with Gasteiger partial charge in [-0.3, -0.25) is 9.78 Å². The molecule has 112 valence electrons. The Bertz CT molecular complexity index is 673. The number of aryl methyl sites for hydroxylation is 1. The topological polar surface area (TPSA) is 68.3 Å². The number of hydrogen-bond acceptors (Lipinski definition) is 4. The van der Waals surface area contributed by atoms with Gasteiger partial charge in [-0.25, -0.2) is 9.53 Å². The Hall–Kier alpha value is -2.37. The molecule has 0 aliphatic rings. The van der Waals surface area contributed by atoms with E-state index in [0.29, 0.717) is 18.8 Å². The van der Waals surface area contributed by atoms with Gasteiger partial charge in [-0.15, -0.1) is 0 Å². The maximum Gasteiger partial charge on any atom is 0.370 e.